The molecule has 0 aliphatic carbocycles. The summed E-state index contributed by atoms with van der Waals surface area (Å²) >= 11 is 12.6. The molecule has 0 aliphatic rings. The Morgan fingerprint density at radius 2 is 1.81 bits per heavy atom. The molecule has 2 aromatic carbocycles. The SMILES string of the molecule is O=C(Nc1ccc(OC(F)(F)F)cc1)c1ccc(Cl)c(N(CCO)c2ncccc2Cl)c1. The van der Waals surface area contributed by atoms with Crippen molar-refractivity contribution in [2.24, 2.45) is 0 Å². The number of nitrogens with one attached hydrogen (secondary N) is 1. The van der Waals surface area contributed by atoms with Crippen molar-refractivity contribution in [3.8, 4) is 5.75 Å². The molecule has 0 fully saturated rings. The average Bonchev–Trinajstić information content (AvgIpc) is 2.73. The summed E-state index contributed by atoms with van der Waals surface area (Å²) in [6.07, 6.45) is -3.27. The number of anilines is 3. The van der Waals surface area contributed by atoms with Crippen LogP contribution in [0.5, 0.6) is 5.75 Å². The quantitative estimate of drug-likeness (QED) is 0.450. The Balaban J connectivity index is 1.84. The molecule has 3 aromatic rings. The van der Waals surface area contributed by atoms with Gasteiger partial charge in [-0.1, -0.05) is 23.2 Å². The lowest BCUT2D eigenvalue weighted by Crippen LogP contribution is -2.23. The molecule has 0 spiro atoms. The maximum absolute atomic E-state index is 12.7. The van der Waals surface area contributed by atoms with E-state index >= 15 is 0 Å². The standard InChI is InChI=1S/C21H16Cl2F3N3O3/c22-16-8-3-13(12-18(16)29(10-11-30)19-17(23)2-1-9-27-19)20(31)28-14-4-6-15(7-5-14)32-21(24,25)26/h1-9,12,30H,10-11H2,(H,28,31). The summed E-state index contributed by atoms with van der Waals surface area (Å²) in [5, 5.41) is 12.7. The summed E-state index contributed by atoms with van der Waals surface area (Å²) in [5.74, 6) is -0.581. The molecule has 1 heterocycles. The van der Waals surface area contributed by atoms with Gasteiger partial charge in [0.05, 0.1) is 22.3 Å². The third kappa shape index (κ3) is 6.03. The van der Waals surface area contributed by atoms with Crippen LogP contribution in [0.2, 0.25) is 10.0 Å². The molecule has 0 atom stereocenters. The lowest BCUT2D eigenvalue weighted by molar-refractivity contribution is -0.274. The minimum Gasteiger partial charge on any atom is -0.406 e. The van der Waals surface area contributed by atoms with Gasteiger partial charge in [-0.3, -0.25) is 4.79 Å². The number of ether oxygens (including phenoxy) is 1. The molecule has 1 amide bonds. The van der Waals surface area contributed by atoms with Crippen LogP contribution in [0.1, 0.15) is 10.4 Å². The fourth-order valence-electron chi connectivity index (χ4n) is 2.82. The van der Waals surface area contributed by atoms with Gasteiger partial charge >= 0.3 is 6.36 Å². The first-order chi connectivity index (χ1) is 15.2. The van der Waals surface area contributed by atoms with Crippen LogP contribution in [0.3, 0.4) is 0 Å². The molecule has 0 radical (unpaired) electrons. The topological polar surface area (TPSA) is 74.7 Å². The first-order valence-electron chi connectivity index (χ1n) is 9.13. The summed E-state index contributed by atoms with van der Waals surface area (Å²) in [6.45, 7) is -0.117. The van der Waals surface area contributed by atoms with Gasteiger partial charge in [-0.15, -0.1) is 13.2 Å². The highest BCUT2D eigenvalue weighted by Crippen LogP contribution is 2.35. The number of aromatic nitrogens is 1. The zero-order chi connectivity index (χ0) is 23.3. The number of aliphatic hydroxyl groups is 1. The lowest BCUT2D eigenvalue weighted by Gasteiger charge is -2.25. The molecule has 2 N–H and O–H groups in total. The highest BCUT2D eigenvalue weighted by molar-refractivity contribution is 6.35. The van der Waals surface area contributed by atoms with E-state index < -0.39 is 18.0 Å². The van der Waals surface area contributed by atoms with Crippen LogP contribution in [0.25, 0.3) is 0 Å². The van der Waals surface area contributed by atoms with Crippen molar-refractivity contribution < 1.29 is 27.8 Å². The Morgan fingerprint density at radius 3 is 2.44 bits per heavy atom. The summed E-state index contributed by atoms with van der Waals surface area (Å²) in [4.78, 5) is 18.5. The van der Waals surface area contributed by atoms with Gasteiger partial charge in [-0.05, 0) is 54.6 Å². The second-order valence-corrected chi connectivity index (χ2v) is 7.19. The fourth-order valence-corrected chi connectivity index (χ4v) is 3.26. The Morgan fingerprint density at radius 1 is 1.09 bits per heavy atom. The summed E-state index contributed by atoms with van der Waals surface area (Å²) in [6, 6.07) is 12.5. The molecule has 6 nitrogen and oxygen atoms in total. The van der Waals surface area contributed by atoms with Crippen molar-refractivity contribution in [1.82, 2.24) is 4.98 Å². The molecule has 0 bridgehead atoms. The van der Waals surface area contributed by atoms with Gasteiger partial charge in [0.1, 0.15) is 5.75 Å². The van der Waals surface area contributed by atoms with Crippen molar-refractivity contribution in [3.05, 3.63) is 76.4 Å². The third-order valence-corrected chi connectivity index (χ3v) is 4.78. The second kappa shape index (κ2) is 10.1. The van der Waals surface area contributed by atoms with Gasteiger partial charge < -0.3 is 20.1 Å². The minimum atomic E-state index is -4.80. The van der Waals surface area contributed by atoms with E-state index in [9.17, 15) is 23.1 Å². The Labute approximate surface area is 191 Å². The first-order valence-corrected chi connectivity index (χ1v) is 9.89. The molecule has 0 saturated heterocycles. The molecular formula is C21H16Cl2F3N3O3. The molecule has 168 valence electrons. The fraction of sp³-hybridized carbons (Fsp3) is 0.143. The molecule has 3 rings (SSSR count). The number of amides is 1. The maximum Gasteiger partial charge on any atom is 0.573 e. The number of nitrogens with zero attached hydrogens (tertiary/aromatic N) is 2. The molecule has 11 heteroatoms. The number of alkyl halides is 3. The van der Waals surface area contributed by atoms with Crippen LogP contribution in [0.4, 0.5) is 30.4 Å². The Kier molecular flexibility index (Phi) is 7.44. The zero-order valence-electron chi connectivity index (χ0n) is 16.2. The maximum atomic E-state index is 12.7. The van der Waals surface area contributed by atoms with Crippen LogP contribution in [0.15, 0.2) is 60.8 Å². The Hall–Kier alpha value is -3.01. The average molecular weight is 486 g/mol. The van der Waals surface area contributed by atoms with Crippen LogP contribution >= 0.6 is 23.2 Å². The van der Waals surface area contributed by atoms with Crippen LogP contribution < -0.4 is 15.0 Å². The summed E-state index contributed by atoms with van der Waals surface area (Å²) < 4.78 is 40.6. The van der Waals surface area contributed by atoms with Crippen molar-refractivity contribution in [2.45, 2.75) is 6.36 Å². The smallest absolute Gasteiger partial charge is 0.406 e. The normalized spacial score (nSPS) is 11.2. The van der Waals surface area contributed by atoms with Gasteiger partial charge in [0.15, 0.2) is 5.82 Å². The van der Waals surface area contributed by atoms with E-state index in [2.05, 4.69) is 15.0 Å². The van der Waals surface area contributed by atoms with Crippen LogP contribution in [-0.2, 0) is 0 Å². The van der Waals surface area contributed by atoms with E-state index in [0.717, 1.165) is 12.1 Å². The predicted octanol–water partition coefficient (Wildman–Crippen LogP) is 5.67. The molecule has 0 aliphatic heterocycles. The minimum absolute atomic E-state index is 0.113. The van der Waals surface area contributed by atoms with E-state index in [1.807, 2.05) is 0 Å². The van der Waals surface area contributed by atoms with Gasteiger partial charge in [0.2, 0.25) is 0 Å². The van der Waals surface area contributed by atoms with E-state index in [1.165, 1.54) is 36.5 Å². The predicted molar refractivity (Wildman–Crippen MR) is 116 cm³/mol. The van der Waals surface area contributed by atoms with E-state index in [-0.39, 0.29) is 24.4 Å². The highest BCUT2D eigenvalue weighted by atomic mass is 35.5. The van der Waals surface area contributed by atoms with Crippen LogP contribution in [-0.4, -0.2) is 35.5 Å². The molecule has 32 heavy (non-hydrogen) atoms. The highest BCUT2D eigenvalue weighted by Gasteiger charge is 2.31. The number of carbonyl (C=O) groups excluding carboxylic acids is 1. The van der Waals surface area contributed by atoms with Gasteiger partial charge in [-0.25, -0.2) is 4.98 Å². The van der Waals surface area contributed by atoms with Crippen molar-refractivity contribution in [2.75, 3.05) is 23.4 Å². The number of hydrogen-bond donors (Lipinski definition) is 2. The lowest BCUT2D eigenvalue weighted by atomic mass is 10.1. The number of rotatable bonds is 7. The number of halogens is 5. The molecule has 0 saturated carbocycles. The third-order valence-electron chi connectivity index (χ3n) is 4.16. The molecule has 1 aromatic heterocycles. The Bertz CT molecular complexity index is 1100. The number of benzene rings is 2. The molecular weight excluding hydrogens is 470 g/mol. The summed E-state index contributed by atoms with van der Waals surface area (Å²) in [7, 11) is 0. The number of carbonyl (C=O) groups is 1. The van der Waals surface area contributed by atoms with Gasteiger partial charge in [0, 0.05) is 24.0 Å². The monoisotopic (exact) mass is 485 g/mol. The largest absolute Gasteiger partial charge is 0.573 e. The van der Waals surface area contributed by atoms with E-state index in [0.29, 0.717) is 21.6 Å². The van der Waals surface area contributed by atoms with E-state index in [4.69, 9.17) is 23.2 Å². The first kappa shape index (κ1) is 23.6. The molecule has 0 unspecified atom stereocenters. The van der Waals surface area contributed by atoms with Crippen molar-refractivity contribution >= 4 is 46.3 Å². The van der Waals surface area contributed by atoms with Crippen molar-refractivity contribution in [1.29, 1.82) is 0 Å². The van der Waals surface area contributed by atoms with Crippen LogP contribution in [0, 0.1) is 0 Å². The van der Waals surface area contributed by atoms with E-state index in [1.54, 1.807) is 17.0 Å². The second-order valence-electron chi connectivity index (χ2n) is 6.38. The number of hydrogen-bond acceptors (Lipinski definition) is 5. The van der Waals surface area contributed by atoms with Gasteiger partial charge in [0.25, 0.3) is 5.91 Å². The zero-order valence-corrected chi connectivity index (χ0v) is 17.7. The number of pyridine rings is 1. The summed E-state index contributed by atoms with van der Waals surface area (Å²) in [5.41, 5.74) is 0.874. The number of aliphatic hydroxyl groups excluding tert-OH is 1. The van der Waals surface area contributed by atoms with Crippen molar-refractivity contribution in [3.63, 3.8) is 0 Å². The van der Waals surface area contributed by atoms with Gasteiger partial charge in [-0.2, -0.15) is 0 Å².